The number of rotatable bonds is 7. The molecule has 1 fully saturated rings. The first-order valence-electron chi connectivity index (χ1n) is 6.32. The molecule has 2 N–H and O–H groups in total. The third kappa shape index (κ3) is 3.96. The van der Waals surface area contributed by atoms with Gasteiger partial charge in [0.2, 0.25) is 0 Å². The van der Waals surface area contributed by atoms with Crippen LogP contribution in [0.2, 0.25) is 0 Å². The fourth-order valence-electron chi connectivity index (χ4n) is 1.93. The SMILES string of the molecule is CNC(COCCC(C)(C)C)(C(=O)O)C1CC1. The molecule has 0 aliphatic heterocycles. The molecule has 1 saturated carbocycles. The Morgan fingerprint density at radius 3 is 2.35 bits per heavy atom. The number of hydrogen-bond donors (Lipinski definition) is 2. The zero-order valence-electron chi connectivity index (χ0n) is 11.4. The molecular weight excluding hydrogens is 218 g/mol. The van der Waals surface area contributed by atoms with Gasteiger partial charge >= 0.3 is 5.97 Å². The second kappa shape index (κ2) is 5.36. The second-order valence-electron chi connectivity index (χ2n) is 6.16. The van der Waals surface area contributed by atoms with E-state index in [9.17, 15) is 9.90 Å². The van der Waals surface area contributed by atoms with Crippen molar-refractivity contribution < 1.29 is 14.6 Å². The first kappa shape index (κ1) is 14.5. The van der Waals surface area contributed by atoms with E-state index in [1.165, 1.54) is 0 Å². The quantitative estimate of drug-likeness (QED) is 0.670. The van der Waals surface area contributed by atoms with Gasteiger partial charge in [-0.05, 0) is 37.6 Å². The molecule has 100 valence electrons. The molecule has 0 aromatic rings. The predicted molar refractivity (Wildman–Crippen MR) is 67.0 cm³/mol. The van der Waals surface area contributed by atoms with Crippen molar-refractivity contribution in [3.05, 3.63) is 0 Å². The number of aliphatic carboxylic acids is 1. The fraction of sp³-hybridized carbons (Fsp3) is 0.923. The van der Waals surface area contributed by atoms with Crippen LogP contribution in [0.5, 0.6) is 0 Å². The lowest BCUT2D eigenvalue weighted by atomic mass is 9.92. The molecule has 0 amide bonds. The summed E-state index contributed by atoms with van der Waals surface area (Å²) in [4.78, 5) is 11.4. The fourth-order valence-corrected chi connectivity index (χ4v) is 1.93. The maximum absolute atomic E-state index is 11.4. The molecule has 1 aliphatic rings. The molecule has 0 aromatic heterocycles. The summed E-state index contributed by atoms with van der Waals surface area (Å²) in [6.45, 7) is 7.34. The molecule has 1 aliphatic carbocycles. The Morgan fingerprint density at radius 2 is 2.00 bits per heavy atom. The van der Waals surface area contributed by atoms with Crippen LogP contribution >= 0.6 is 0 Å². The highest BCUT2D eigenvalue weighted by molar-refractivity contribution is 5.80. The Morgan fingerprint density at radius 1 is 1.41 bits per heavy atom. The van der Waals surface area contributed by atoms with Crippen LogP contribution in [0.15, 0.2) is 0 Å². The average Bonchev–Trinajstić information content (AvgIpc) is 3.00. The molecule has 4 heteroatoms. The number of carbonyl (C=O) groups is 1. The summed E-state index contributed by atoms with van der Waals surface area (Å²) in [5, 5.41) is 12.3. The summed E-state index contributed by atoms with van der Waals surface area (Å²) in [5.74, 6) is -0.571. The van der Waals surface area contributed by atoms with Crippen molar-refractivity contribution in [2.24, 2.45) is 11.3 Å². The van der Waals surface area contributed by atoms with Gasteiger partial charge in [-0.15, -0.1) is 0 Å². The zero-order chi connectivity index (χ0) is 13.1. The number of carboxylic acids is 1. The molecular formula is C13H25NO3. The third-order valence-electron chi connectivity index (χ3n) is 3.43. The van der Waals surface area contributed by atoms with Crippen LogP contribution in [0.1, 0.15) is 40.0 Å². The van der Waals surface area contributed by atoms with E-state index in [1.54, 1.807) is 7.05 Å². The molecule has 0 aromatic carbocycles. The Hall–Kier alpha value is -0.610. The first-order chi connectivity index (χ1) is 7.82. The summed E-state index contributed by atoms with van der Waals surface area (Å²) in [6, 6.07) is 0. The van der Waals surface area contributed by atoms with Crippen molar-refractivity contribution >= 4 is 5.97 Å². The maximum Gasteiger partial charge on any atom is 0.326 e. The van der Waals surface area contributed by atoms with Crippen molar-refractivity contribution in [1.82, 2.24) is 5.32 Å². The van der Waals surface area contributed by atoms with Crippen LogP contribution in [-0.2, 0) is 9.53 Å². The minimum absolute atomic E-state index is 0.222. The van der Waals surface area contributed by atoms with Crippen molar-refractivity contribution in [2.45, 2.75) is 45.6 Å². The molecule has 0 radical (unpaired) electrons. The van der Waals surface area contributed by atoms with Gasteiger partial charge in [-0.2, -0.15) is 0 Å². The number of likely N-dealkylation sites (N-methyl/N-ethyl adjacent to an activating group) is 1. The Bertz CT molecular complexity index is 268. The molecule has 0 heterocycles. The van der Waals surface area contributed by atoms with Crippen LogP contribution in [0.4, 0.5) is 0 Å². The topological polar surface area (TPSA) is 58.6 Å². The largest absolute Gasteiger partial charge is 0.480 e. The number of nitrogens with one attached hydrogen (secondary N) is 1. The minimum Gasteiger partial charge on any atom is -0.480 e. The van der Waals surface area contributed by atoms with E-state index in [1.807, 2.05) is 0 Å². The number of hydrogen-bond acceptors (Lipinski definition) is 3. The lowest BCUT2D eigenvalue weighted by Gasteiger charge is -2.29. The van der Waals surface area contributed by atoms with Crippen LogP contribution in [0, 0.1) is 11.3 Å². The Labute approximate surface area is 104 Å². The smallest absolute Gasteiger partial charge is 0.326 e. The van der Waals surface area contributed by atoms with Crippen LogP contribution in [0.3, 0.4) is 0 Å². The Kier molecular flexibility index (Phi) is 4.55. The van der Waals surface area contributed by atoms with Crippen molar-refractivity contribution in [3.8, 4) is 0 Å². The third-order valence-corrected chi connectivity index (χ3v) is 3.43. The van der Waals surface area contributed by atoms with E-state index < -0.39 is 11.5 Å². The number of ether oxygens (including phenoxy) is 1. The monoisotopic (exact) mass is 243 g/mol. The van der Waals surface area contributed by atoms with Gasteiger partial charge in [-0.25, -0.2) is 0 Å². The zero-order valence-corrected chi connectivity index (χ0v) is 11.4. The summed E-state index contributed by atoms with van der Waals surface area (Å²) in [7, 11) is 1.71. The molecule has 17 heavy (non-hydrogen) atoms. The van der Waals surface area contributed by atoms with Gasteiger partial charge < -0.3 is 15.2 Å². The summed E-state index contributed by atoms with van der Waals surface area (Å²) in [5.41, 5.74) is -0.650. The molecule has 0 saturated heterocycles. The average molecular weight is 243 g/mol. The van der Waals surface area contributed by atoms with Gasteiger partial charge in [0.05, 0.1) is 6.61 Å². The van der Waals surface area contributed by atoms with E-state index in [0.29, 0.717) is 6.61 Å². The van der Waals surface area contributed by atoms with E-state index >= 15 is 0 Å². The van der Waals surface area contributed by atoms with E-state index in [0.717, 1.165) is 19.3 Å². The molecule has 0 spiro atoms. The van der Waals surface area contributed by atoms with Gasteiger partial charge in [0.1, 0.15) is 5.54 Å². The predicted octanol–water partition coefficient (Wildman–Crippen LogP) is 1.89. The lowest BCUT2D eigenvalue weighted by molar-refractivity contribution is -0.149. The molecule has 4 nitrogen and oxygen atoms in total. The summed E-state index contributed by atoms with van der Waals surface area (Å²) in [6.07, 6.45) is 2.91. The highest BCUT2D eigenvalue weighted by Gasteiger charge is 2.50. The van der Waals surface area contributed by atoms with Gasteiger partial charge in [0.25, 0.3) is 0 Å². The second-order valence-corrected chi connectivity index (χ2v) is 6.16. The van der Waals surface area contributed by atoms with E-state index in [-0.39, 0.29) is 17.9 Å². The minimum atomic E-state index is -0.877. The summed E-state index contributed by atoms with van der Waals surface area (Å²) >= 11 is 0. The highest BCUT2D eigenvalue weighted by Crippen LogP contribution is 2.40. The van der Waals surface area contributed by atoms with Crippen LogP contribution < -0.4 is 5.32 Å². The normalized spacial score (nSPS) is 20.0. The molecule has 1 atom stereocenters. The first-order valence-corrected chi connectivity index (χ1v) is 6.32. The van der Waals surface area contributed by atoms with E-state index in [2.05, 4.69) is 26.1 Å². The molecule has 1 unspecified atom stereocenters. The van der Waals surface area contributed by atoms with Crippen LogP contribution in [0.25, 0.3) is 0 Å². The molecule has 0 bridgehead atoms. The van der Waals surface area contributed by atoms with Gasteiger partial charge in [-0.1, -0.05) is 20.8 Å². The summed E-state index contributed by atoms with van der Waals surface area (Å²) < 4.78 is 5.59. The standard InChI is InChI=1S/C13H25NO3/c1-12(2,3)7-8-17-9-13(14-4,11(15)16)10-5-6-10/h10,14H,5-9H2,1-4H3,(H,15,16). The van der Waals surface area contributed by atoms with Crippen molar-refractivity contribution in [2.75, 3.05) is 20.3 Å². The highest BCUT2D eigenvalue weighted by atomic mass is 16.5. The Balaban J connectivity index is 2.42. The van der Waals surface area contributed by atoms with Gasteiger partial charge in [0.15, 0.2) is 0 Å². The van der Waals surface area contributed by atoms with Crippen molar-refractivity contribution in [3.63, 3.8) is 0 Å². The molecule has 1 rings (SSSR count). The lowest BCUT2D eigenvalue weighted by Crippen LogP contribution is -2.56. The van der Waals surface area contributed by atoms with Crippen LogP contribution in [-0.4, -0.2) is 36.9 Å². The van der Waals surface area contributed by atoms with E-state index in [4.69, 9.17) is 4.74 Å². The number of carboxylic acid groups (broad SMARTS) is 1. The maximum atomic E-state index is 11.4. The van der Waals surface area contributed by atoms with Crippen molar-refractivity contribution in [1.29, 1.82) is 0 Å². The van der Waals surface area contributed by atoms with Gasteiger partial charge in [-0.3, -0.25) is 4.79 Å². The van der Waals surface area contributed by atoms with Gasteiger partial charge in [0, 0.05) is 6.61 Å².